The Morgan fingerprint density at radius 2 is 1.65 bits per heavy atom. The van der Waals surface area contributed by atoms with Gasteiger partial charge in [-0.05, 0) is 35.2 Å². The molecule has 3 rings (SSSR count). The Morgan fingerprint density at radius 3 is 2.42 bits per heavy atom. The molecule has 3 aromatic rings. The predicted molar refractivity (Wildman–Crippen MR) is 107 cm³/mol. The lowest BCUT2D eigenvalue weighted by Gasteiger charge is -2.13. The first kappa shape index (κ1) is 17.7. The zero-order valence-corrected chi connectivity index (χ0v) is 15.1. The topological polar surface area (TPSA) is 38.3 Å². The lowest BCUT2D eigenvalue weighted by molar-refractivity contribution is -0.118. The Hall–Kier alpha value is -3.07. The molecule has 0 spiro atoms. The van der Waals surface area contributed by atoms with Crippen LogP contribution in [0.2, 0.25) is 0 Å². The fourth-order valence-electron chi connectivity index (χ4n) is 2.76. The SMILES string of the molecule is CC(C)c1cccc(OCC(=O)Nc2ccccc2-c2ccccc2)c1. The Morgan fingerprint density at radius 1 is 0.923 bits per heavy atom. The van der Waals surface area contributed by atoms with Gasteiger partial charge in [0.2, 0.25) is 0 Å². The zero-order valence-electron chi connectivity index (χ0n) is 15.1. The first-order valence-electron chi connectivity index (χ1n) is 8.80. The van der Waals surface area contributed by atoms with Crippen molar-refractivity contribution < 1.29 is 9.53 Å². The van der Waals surface area contributed by atoms with Crippen molar-refractivity contribution in [3.8, 4) is 16.9 Å². The summed E-state index contributed by atoms with van der Waals surface area (Å²) in [4.78, 5) is 12.4. The van der Waals surface area contributed by atoms with Gasteiger partial charge in [0, 0.05) is 11.3 Å². The van der Waals surface area contributed by atoms with E-state index < -0.39 is 0 Å². The molecule has 0 atom stereocenters. The molecule has 0 bridgehead atoms. The Kier molecular flexibility index (Phi) is 5.69. The molecule has 0 aliphatic heterocycles. The van der Waals surface area contributed by atoms with Gasteiger partial charge in [-0.25, -0.2) is 0 Å². The number of hydrogen-bond acceptors (Lipinski definition) is 2. The number of benzene rings is 3. The summed E-state index contributed by atoms with van der Waals surface area (Å²) in [7, 11) is 0. The van der Waals surface area contributed by atoms with Crippen molar-refractivity contribution in [3.05, 3.63) is 84.4 Å². The summed E-state index contributed by atoms with van der Waals surface area (Å²) in [6.45, 7) is 4.24. The van der Waals surface area contributed by atoms with Crippen LogP contribution in [0.15, 0.2) is 78.9 Å². The van der Waals surface area contributed by atoms with Gasteiger partial charge in [-0.3, -0.25) is 4.79 Å². The highest BCUT2D eigenvalue weighted by molar-refractivity contribution is 5.96. The highest BCUT2D eigenvalue weighted by Gasteiger charge is 2.09. The molecule has 0 saturated carbocycles. The summed E-state index contributed by atoms with van der Waals surface area (Å²) in [5.74, 6) is 0.955. The van der Waals surface area contributed by atoms with E-state index in [2.05, 4.69) is 25.2 Å². The molecular formula is C23H23NO2. The van der Waals surface area contributed by atoms with Crippen LogP contribution in [0.3, 0.4) is 0 Å². The second-order valence-corrected chi connectivity index (χ2v) is 6.48. The van der Waals surface area contributed by atoms with E-state index >= 15 is 0 Å². The largest absolute Gasteiger partial charge is 0.484 e. The third-order valence-electron chi connectivity index (χ3n) is 4.18. The van der Waals surface area contributed by atoms with Gasteiger partial charge in [-0.2, -0.15) is 0 Å². The van der Waals surface area contributed by atoms with Crippen molar-refractivity contribution in [1.29, 1.82) is 0 Å². The van der Waals surface area contributed by atoms with E-state index in [0.29, 0.717) is 11.7 Å². The van der Waals surface area contributed by atoms with Gasteiger partial charge < -0.3 is 10.1 Å². The summed E-state index contributed by atoms with van der Waals surface area (Å²) in [6, 6.07) is 25.6. The average molecular weight is 345 g/mol. The smallest absolute Gasteiger partial charge is 0.262 e. The Labute approximate surface area is 154 Å². The van der Waals surface area contributed by atoms with E-state index in [1.54, 1.807) is 0 Å². The van der Waals surface area contributed by atoms with Crippen molar-refractivity contribution in [2.75, 3.05) is 11.9 Å². The van der Waals surface area contributed by atoms with Crippen LogP contribution in [-0.4, -0.2) is 12.5 Å². The standard InChI is InChI=1S/C23H23NO2/c1-17(2)19-11-8-12-20(15-19)26-16-23(25)24-22-14-7-6-13-21(22)18-9-4-3-5-10-18/h3-15,17H,16H2,1-2H3,(H,24,25). The van der Waals surface area contributed by atoms with Crippen molar-refractivity contribution in [1.82, 2.24) is 0 Å². The molecule has 0 aliphatic rings. The van der Waals surface area contributed by atoms with Gasteiger partial charge in [0.1, 0.15) is 5.75 Å². The highest BCUT2D eigenvalue weighted by Crippen LogP contribution is 2.27. The summed E-state index contributed by atoms with van der Waals surface area (Å²) >= 11 is 0. The Balaban J connectivity index is 1.67. The highest BCUT2D eigenvalue weighted by atomic mass is 16.5. The summed E-state index contributed by atoms with van der Waals surface area (Å²) in [5.41, 5.74) is 4.03. The van der Waals surface area contributed by atoms with Crippen molar-refractivity contribution in [3.63, 3.8) is 0 Å². The molecule has 0 aromatic heterocycles. The fraction of sp³-hybridized carbons (Fsp3) is 0.174. The molecule has 0 radical (unpaired) electrons. The lowest BCUT2D eigenvalue weighted by Crippen LogP contribution is -2.20. The van der Waals surface area contributed by atoms with E-state index in [-0.39, 0.29) is 12.5 Å². The summed E-state index contributed by atoms with van der Waals surface area (Å²) < 4.78 is 5.66. The van der Waals surface area contributed by atoms with Crippen LogP contribution in [0, 0.1) is 0 Å². The molecule has 1 amide bonds. The molecular weight excluding hydrogens is 322 g/mol. The number of anilines is 1. The van der Waals surface area contributed by atoms with Crippen LogP contribution in [0.25, 0.3) is 11.1 Å². The molecule has 0 saturated heterocycles. The molecule has 132 valence electrons. The van der Waals surface area contributed by atoms with Gasteiger partial charge in [0.15, 0.2) is 6.61 Å². The predicted octanol–water partition coefficient (Wildman–Crippen LogP) is 5.49. The minimum absolute atomic E-state index is 0.0231. The number of hydrogen-bond donors (Lipinski definition) is 1. The van der Waals surface area contributed by atoms with Crippen LogP contribution >= 0.6 is 0 Å². The van der Waals surface area contributed by atoms with E-state index in [9.17, 15) is 4.79 Å². The number of para-hydroxylation sites is 1. The maximum absolute atomic E-state index is 12.4. The zero-order chi connectivity index (χ0) is 18.4. The van der Waals surface area contributed by atoms with Gasteiger partial charge in [0.05, 0.1) is 0 Å². The molecule has 0 heterocycles. The summed E-state index contributed by atoms with van der Waals surface area (Å²) in [5, 5.41) is 2.95. The van der Waals surface area contributed by atoms with Crippen molar-refractivity contribution in [2.45, 2.75) is 19.8 Å². The number of nitrogens with one attached hydrogen (secondary N) is 1. The third kappa shape index (κ3) is 4.51. The second kappa shape index (κ2) is 8.34. The maximum atomic E-state index is 12.4. The van der Waals surface area contributed by atoms with E-state index in [1.165, 1.54) is 5.56 Å². The first-order chi connectivity index (χ1) is 12.6. The lowest BCUT2D eigenvalue weighted by atomic mass is 10.0. The van der Waals surface area contributed by atoms with Crippen LogP contribution in [0.1, 0.15) is 25.3 Å². The van der Waals surface area contributed by atoms with E-state index in [1.807, 2.05) is 72.8 Å². The minimum atomic E-state index is -0.177. The quantitative estimate of drug-likeness (QED) is 0.641. The first-order valence-corrected chi connectivity index (χ1v) is 8.80. The number of rotatable bonds is 6. The molecule has 3 heteroatoms. The number of ether oxygens (including phenoxy) is 1. The normalized spacial score (nSPS) is 10.6. The maximum Gasteiger partial charge on any atom is 0.262 e. The fourth-order valence-corrected chi connectivity index (χ4v) is 2.76. The van der Waals surface area contributed by atoms with E-state index in [4.69, 9.17) is 4.74 Å². The minimum Gasteiger partial charge on any atom is -0.484 e. The van der Waals surface area contributed by atoms with Gasteiger partial charge in [0.25, 0.3) is 5.91 Å². The molecule has 3 aromatic carbocycles. The van der Waals surface area contributed by atoms with Crippen LogP contribution in [-0.2, 0) is 4.79 Å². The molecule has 26 heavy (non-hydrogen) atoms. The molecule has 0 aliphatic carbocycles. The molecule has 3 nitrogen and oxygen atoms in total. The van der Waals surface area contributed by atoms with Crippen molar-refractivity contribution in [2.24, 2.45) is 0 Å². The molecule has 0 unspecified atom stereocenters. The number of carbonyl (C=O) groups is 1. The summed E-state index contributed by atoms with van der Waals surface area (Å²) in [6.07, 6.45) is 0. The van der Waals surface area contributed by atoms with Crippen molar-refractivity contribution >= 4 is 11.6 Å². The third-order valence-corrected chi connectivity index (χ3v) is 4.18. The van der Waals surface area contributed by atoms with Gasteiger partial charge in [-0.1, -0.05) is 74.5 Å². The number of carbonyl (C=O) groups excluding carboxylic acids is 1. The van der Waals surface area contributed by atoms with Gasteiger partial charge in [-0.15, -0.1) is 0 Å². The van der Waals surface area contributed by atoms with Gasteiger partial charge >= 0.3 is 0 Å². The van der Waals surface area contributed by atoms with Crippen LogP contribution in [0.4, 0.5) is 5.69 Å². The Bertz CT molecular complexity index is 872. The monoisotopic (exact) mass is 345 g/mol. The van der Waals surface area contributed by atoms with E-state index in [0.717, 1.165) is 16.8 Å². The van der Waals surface area contributed by atoms with Crippen LogP contribution in [0.5, 0.6) is 5.75 Å². The van der Waals surface area contributed by atoms with Crippen LogP contribution < -0.4 is 10.1 Å². The second-order valence-electron chi connectivity index (χ2n) is 6.48. The average Bonchev–Trinajstić information content (AvgIpc) is 2.68. The molecule has 1 N–H and O–H groups in total. The number of amides is 1. The molecule has 0 fully saturated rings.